The fourth-order valence-electron chi connectivity index (χ4n) is 5.93. The highest BCUT2D eigenvalue weighted by atomic mass is 36.5. The molecule has 8 atom stereocenters. The summed E-state index contributed by atoms with van der Waals surface area (Å²) in [6.45, 7) is 11.0. The molecule has 3 saturated heterocycles. The van der Waals surface area contributed by atoms with E-state index in [4.69, 9.17) is 14.2 Å². The highest BCUT2D eigenvalue weighted by Gasteiger charge is 2.50. The molecule has 0 spiro atoms. The number of aliphatic hydroxyl groups excluding tert-OH is 2. The molecule has 3 fully saturated rings. The molecule has 3 rings (SSSR count). The number of carbonyl (C=O) groups excluding carboxylic acids is 3. The maximum absolute atomic E-state index is 13.2. The van der Waals surface area contributed by atoms with E-state index in [1.54, 1.807) is 6.26 Å². The first kappa shape index (κ1) is 39.3. The maximum Gasteiger partial charge on any atom is 0.306 e. The lowest BCUT2D eigenvalue weighted by Gasteiger charge is -2.45. The molecule has 256 valence electrons. The van der Waals surface area contributed by atoms with Crippen LogP contribution in [0.15, 0.2) is 0 Å². The number of nitrogens with one attached hydrogen (secondary N) is 3. The van der Waals surface area contributed by atoms with Gasteiger partial charge in [0, 0.05) is 54.3 Å². The smallest absolute Gasteiger partial charge is 0.306 e. The average Bonchev–Trinajstić information content (AvgIpc) is 3.03. The van der Waals surface area contributed by atoms with E-state index < -0.39 is 41.9 Å². The van der Waals surface area contributed by atoms with E-state index in [9.17, 15) is 24.6 Å². The zero-order chi connectivity index (χ0) is 32.6. The van der Waals surface area contributed by atoms with Crippen molar-refractivity contribution in [3.8, 4) is 0 Å². The van der Waals surface area contributed by atoms with Gasteiger partial charge in [-0.2, -0.15) is 0 Å². The van der Waals surface area contributed by atoms with E-state index in [2.05, 4.69) is 49.5 Å². The Morgan fingerprint density at radius 2 is 1.84 bits per heavy atom. The second-order valence-corrected chi connectivity index (χ2v) is 12.8. The molecule has 2 amide bonds. The Morgan fingerprint density at radius 3 is 2.48 bits per heavy atom. The van der Waals surface area contributed by atoms with Gasteiger partial charge in [-0.15, -0.1) is 11.8 Å². The van der Waals surface area contributed by atoms with Crippen molar-refractivity contribution in [3.63, 3.8) is 0 Å². The van der Waals surface area contributed by atoms with E-state index in [0.29, 0.717) is 32.2 Å². The first-order valence-corrected chi connectivity index (χ1v) is 18.1. The molecule has 12 nitrogen and oxygen atoms in total. The molecule has 0 aliphatic carbocycles. The van der Waals surface area contributed by atoms with Crippen LogP contribution in [-0.4, -0.2) is 127 Å². The summed E-state index contributed by atoms with van der Waals surface area (Å²) >= 11 is 1.25. The monoisotopic (exact) mass is 686 g/mol. The molecule has 0 aromatic heterocycles. The molecule has 0 bridgehead atoms. The number of nitrogens with zero attached hydrogens (tertiary/aromatic N) is 1. The number of hydrogen-bond acceptors (Lipinski definition) is 11. The molecular weight excluding hydrogens is 635 g/mol. The van der Waals surface area contributed by atoms with Gasteiger partial charge in [0.15, 0.2) is 6.10 Å². The van der Waals surface area contributed by atoms with Gasteiger partial charge in [-0.3, -0.25) is 19.3 Å². The third-order valence-electron chi connectivity index (χ3n) is 8.40. The Bertz CT molecular complexity index is 869. The second-order valence-electron chi connectivity index (χ2n) is 11.9. The first-order chi connectivity index (χ1) is 21.1. The molecule has 0 saturated carbocycles. The van der Waals surface area contributed by atoms with E-state index in [0.717, 1.165) is 45.3 Å². The lowest BCUT2D eigenvalue weighted by atomic mass is 9.86. The minimum absolute atomic E-state index is 0.0451. The van der Waals surface area contributed by atoms with Crippen LogP contribution < -0.4 is 16.0 Å². The molecule has 3 heterocycles. The van der Waals surface area contributed by atoms with Gasteiger partial charge in [0.1, 0.15) is 23.7 Å². The van der Waals surface area contributed by atoms with Crippen LogP contribution in [0, 0.1) is 11.8 Å². The lowest BCUT2D eigenvalue weighted by molar-refractivity contribution is -0.221. The van der Waals surface area contributed by atoms with Gasteiger partial charge in [0.05, 0.1) is 31.7 Å². The summed E-state index contributed by atoms with van der Waals surface area (Å²) < 4.78 is 17.0. The predicted molar refractivity (Wildman–Crippen MR) is 171 cm³/mol. The number of aliphatic hydroxyl groups is 2. The molecule has 3 aliphatic rings. The quantitative estimate of drug-likeness (QED) is 0.169. The number of morpholine rings is 1. The number of esters is 1. The summed E-state index contributed by atoms with van der Waals surface area (Å²) in [7, 11) is 8.22. The average molecular weight is 688 g/mol. The molecule has 44 heavy (non-hydrogen) atoms. The van der Waals surface area contributed by atoms with Gasteiger partial charge in [-0.25, -0.2) is 0 Å². The molecule has 3 aliphatic heterocycles. The number of thioether (sulfide) groups is 1. The minimum Gasteiger partial charge on any atom is -0.456 e. The van der Waals surface area contributed by atoms with Crippen molar-refractivity contribution in [2.24, 2.45) is 11.8 Å². The van der Waals surface area contributed by atoms with Crippen molar-refractivity contribution in [1.29, 1.82) is 0 Å². The molecule has 15 heteroatoms. The van der Waals surface area contributed by atoms with Gasteiger partial charge in [0.2, 0.25) is 11.8 Å². The van der Waals surface area contributed by atoms with Gasteiger partial charge < -0.3 is 40.4 Å². The summed E-state index contributed by atoms with van der Waals surface area (Å²) in [5.41, 5.74) is -0.764. The topological polar surface area (TPSA) is 159 Å². The number of amides is 2. The Balaban J connectivity index is 0.00000330. The number of rotatable bonds is 14. The maximum atomic E-state index is 13.2. The van der Waals surface area contributed by atoms with Crippen LogP contribution in [0.5, 0.6) is 0 Å². The highest BCUT2D eigenvalue weighted by molar-refractivity contribution is 7.99. The summed E-state index contributed by atoms with van der Waals surface area (Å²) in [6.07, 6.45) is 0.699. The van der Waals surface area contributed by atoms with Crippen LogP contribution in [0.1, 0.15) is 59.3 Å². The zero-order valence-corrected chi connectivity index (χ0v) is 28.7. The van der Waals surface area contributed by atoms with E-state index >= 15 is 0 Å². The van der Waals surface area contributed by atoms with Crippen molar-refractivity contribution < 1.29 is 38.8 Å². The number of halogens is 2. The van der Waals surface area contributed by atoms with Crippen molar-refractivity contribution in [2.45, 2.75) is 101 Å². The van der Waals surface area contributed by atoms with Crippen LogP contribution in [0.3, 0.4) is 0 Å². The van der Waals surface area contributed by atoms with Gasteiger partial charge in [-0.1, -0.05) is 33.6 Å². The summed E-state index contributed by atoms with van der Waals surface area (Å²) in [4.78, 5) is 40.3. The molecule has 0 aromatic carbocycles. The third-order valence-corrected chi connectivity index (χ3v) is 9.24. The number of carbonyl (C=O) groups is 3. The van der Waals surface area contributed by atoms with Crippen LogP contribution >= 0.6 is 33.5 Å². The highest BCUT2D eigenvalue weighted by Crippen LogP contribution is 2.33. The fourth-order valence-corrected chi connectivity index (χ4v) is 6.65. The van der Waals surface area contributed by atoms with Crippen molar-refractivity contribution in [1.82, 2.24) is 20.9 Å². The van der Waals surface area contributed by atoms with Crippen LogP contribution in [0.2, 0.25) is 0 Å². The van der Waals surface area contributed by atoms with E-state index in [1.165, 1.54) is 11.8 Å². The Kier molecular flexibility index (Phi) is 18.8. The predicted octanol–water partition coefficient (Wildman–Crippen LogP) is 1.62. The fraction of sp³-hybridized carbons (Fsp3) is 0.897. The zero-order valence-electron chi connectivity index (χ0n) is 26.3. The summed E-state index contributed by atoms with van der Waals surface area (Å²) in [6, 6.07) is -0.883. The normalized spacial score (nSPS) is 30.1. The molecular formula is C29H52Cl2N4O8S. The largest absolute Gasteiger partial charge is 0.456 e. The number of ether oxygens (including phenoxy) is 3. The minimum atomic E-state index is -1.42. The standard InChI is InChI=1S/C29H52N4O8S.Cl2/c1-5-6-19-9-10-30-20(17-19)28(38)32-23(18(2)3)26-24(36)25(37)27(29(41-26)42-4)40-22(35)8-7-21(34)31-11-12-33-13-15-39-16-14-33;1-2/h18-20,23-27,29-30,36-37H,5-17H2,1-4H3,(H,31,34)(H,32,38);/t19-,20+,23-,24-,25+,26-,27-,29-;/m1./s1. The molecule has 0 aromatic rings. The van der Waals surface area contributed by atoms with Crippen molar-refractivity contribution >= 4 is 51.3 Å². The Morgan fingerprint density at radius 1 is 1.14 bits per heavy atom. The van der Waals surface area contributed by atoms with Crippen LogP contribution in [-0.2, 0) is 28.6 Å². The molecule has 0 radical (unpaired) electrons. The van der Waals surface area contributed by atoms with Gasteiger partial charge in [-0.05, 0) is 37.5 Å². The lowest BCUT2D eigenvalue weighted by Crippen LogP contribution is -2.65. The second kappa shape index (κ2) is 21.1. The summed E-state index contributed by atoms with van der Waals surface area (Å²) in [5, 5.41) is 31.3. The molecule has 5 N–H and O–H groups in total. The van der Waals surface area contributed by atoms with Gasteiger partial charge in [0.25, 0.3) is 0 Å². The Labute approximate surface area is 275 Å². The summed E-state index contributed by atoms with van der Waals surface area (Å²) in [5.74, 6) is -0.655. The SMILES string of the molecule is CCC[C@@H]1CCN[C@H](C(=O)N[C@H](C(C)C)[C@H]2O[C@H](SC)[C@H](OC(=O)CCC(=O)NCCN3CCOCC3)[C@@H](O)[C@H]2O)C1.ClCl. The van der Waals surface area contributed by atoms with Crippen molar-refractivity contribution in [2.75, 3.05) is 52.2 Å². The number of hydrogen-bond donors (Lipinski definition) is 5. The van der Waals surface area contributed by atoms with Crippen LogP contribution in [0.4, 0.5) is 0 Å². The van der Waals surface area contributed by atoms with E-state index in [-0.39, 0.29) is 36.6 Å². The van der Waals surface area contributed by atoms with Crippen LogP contribution in [0.25, 0.3) is 0 Å². The third kappa shape index (κ3) is 12.4. The van der Waals surface area contributed by atoms with Gasteiger partial charge >= 0.3 is 5.97 Å². The molecule has 0 unspecified atom stereocenters. The Hall–Kier alpha value is -0.900. The number of piperidine rings is 1. The van der Waals surface area contributed by atoms with E-state index in [1.807, 2.05) is 13.8 Å². The van der Waals surface area contributed by atoms with Crippen molar-refractivity contribution in [3.05, 3.63) is 0 Å². The first-order valence-electron chi connectivity index (χ1n) is 15.6.